The number of benzene rings is 2. The van der Waals surface area contributed by atoms with Gasteiger partial charge in [-0.25, -0.2) is 0 Å². The summed E-state index contributed by atoms with van der Waals surface area (Å²) < 4.78 is 3.81. The minimum Gasteiger partial charge on any atom is -0.135 e. The number of hydrogen-bond acceptors (Lipinski definition) is 1. The summed E-state index contributed by atoms with van der Waals surface area (Å²) in [4.78, 5) is 0. The first kappa shape index (κ1) is 11.5. The van der Waals surface area contributed by atoms with E-state index in [1.807, 2.05) is 17.4 Å². The van der Waals surface area contributed by atoms with Crippen LogP contribution in [0.1, 0.15) is 11.1 Å². The second kappa shape index (κ2) is 3.98. The molecule has 0 spiro atoms. The van der Waals surface area contributed by atoms with Gasteiger partial charge in [0, 0.05) is 29.7 Å². The molecule has 0 atom stereocenters. The summed E-state index contributed by atoms with van der Waals surface area (Å²) in [6.45, 7) is 4.24. The zero-order valence-corrected chi connectivity index (χ0v) is 12.6. The predicted octanol–water partition coefficient (Wildman–Crippen LogP) is 6.09. The molecule has 0 bridgehead atoms. The summed E-state index contributed by atoms with van der Waals surface area (Å²) in [7, 11) is 0. The van der Waals surface area contributed by atoms with Crippen LogP contribution in [0.15, 0.2) is 28.7 Å². The molecule has 86 valence electrons. The van der Waals surface area contributed by atoms with Crippen molar-refractivity contribution in [3.63, 3.8) is 0 Å². The number of thiophene rings is 1. The third kappa shape index (κ3) is 1.62. The van der Waals surface area contributed by atoms with E-state index in [0.29, 0.717) is 0 Å². The van der Waals surface area contributed by atoms with Crippen LogP contribution in [0.5, 0.6) is 0 Å². The average Bonchev–Trinajstić information content (AvgIpc) is 2.69. The molecular weight excluding hydrogens is 316 g/mol. The topological polar surface area (TPSA) is 0 Å². The molecule has 0 amide bonds. The molecule has 3 heteroatoms. The van der Waals surface area contributed by atoms with Crippen molar-refractivity contribution in [1.82, 2.24) is 0 Å². The van der Waals surface area contributed by atoms with E-state index in [1.54, 1.807) is 0 Å². The molecule has 3 aromatic rings. The lowest BCUT2D eigenvalue weighted by molar-refractivity contribution is 1.51. The minimum atomic E-state index is 0.848. The van der Waals surface area contributed by atoms with Crippen LogP contribution in [0.3, 0.4) is 0 Å². The van der Waals surface area contributed by atoms with Crippen molar-refractivity contribution in [1.29, 1.82) is 0 Å². The largest absolute Gasteiger partial charge is 0.135 e. The zero-order valence-electron chi connectivity index (χ0n) is 9.47. The maximum absolute atomic E-state index is 6.18. The van der Waals surface area contributed by atoms with Gasteiger partial charge < -0.3 is 0 Å². The Morgan fingerprint density at radius 2 is 1.53 bits per heavy atom. The van der Waals surface area contributed by atoms with Crippen molar-refractivity contribution in [3.05, 3.63) is 44.9 Å². The maximum Gasteiger partial charge on any atom is 0.0449 e. The molecule has 0 aliphatic carbocycles. The Hall–Kier alpha value is -0.570. The molecule has 2 aromatic carbocycles. The Balaban J connectivity index is 2.58. The molecule has 0 N–H and O–H groups in total. The smallest absolute Gasteiger partial charge is 0.0449 e. The van der Waals surface area contributed by atoms with Gasteiger partial charge in [0.05, 0.1) is 0 Å². The molecule has 0 fully saturated rings. The average molecular weight is 326 g/mol. The van der Waals surface area contributed by atoms with Gasteiger partial charge in [0.1, 0.15) is 0 Å². The fourth-order valence-corrected chi connectivity index (χ4v) is 4.11. The van der Waals surface area contributed by atoms with E-state index in [4.69, 9.17) is 11.6 Å². The van der Waals surface area contributed by atoms with Gasteiger partial charge in [-0.1, -0.05) is 39.7 Å². The van der Waals surface area contributed by atoms with Crippen molar-refractivity contribution in [2.24, 2.45) is 0 Å². The fraction of sp³-hybridized carbons (Fsp3) is 0.143. The van der Waals surface area contributed by atoms with Gasteiger partial charge in [-0.15, -0.1) is 11.3 Å². The SMILES string of the molecule is Cc1c(Cl)ccc2c1sc1c(C)c(Br)ccc12. The van der Waals surface area contributed by atoms with Crippen LogP contribution in [-0.2, 0) is 0 Å². The molecule has 0 aliphatic heterocycles. The van der Waals surface area contributed by atoms with Gasteiger partial charge in [0.2, 0.25) is 0 Å². The van der Waals surface area contributed by atoms with Crippen LogP contribution in [0.25, 0.3) is 20.2 Å². The van der Waals surface area contributed by atoms with Crippen LogP contribution in [-0.4, -0.2) is 0 Å². The van der Waals surface area contributed by atoms with Crippen LogP contribution < -0.4 is 0 Å². The van der Waals surface area contributed by atoms with Crippen molar-refractivity contribution in [2.45, 2.75) is 13.8 Å². The Kier molecular flexibility index (Phi) is 2.69. The Morgan fingerprint density at radius 1 is 0.941 bits per heavy atom. The number of fused-ring (bicyclic) bond motifs is 3. The van der Waals surface area contributed by atoms with E-state index in [9.17, 15) is 0 Å². The first-order chi connectivity index (χ1) is 8.09. The molecule has 0 saturated heterocycles. The highest BCUT2D eigenvalue weighted by Gasteiger charge is 2.11. The monoisotopic (exact) mass is 324 g/mol. The van der Waals surface area contributed by atoms with Gasteiger partial charge in [0.15, 0.2) is 0 Å². The van der Waals surface area contributed by atoms with Gasteiger partial charge in [-0.2, -0.15) is 0 Å². The highest BCUT2D eigenvalue weighted by Crippen LogP contribution is 2.41. The minimum absolute atomic E-state index is 0.848. The number of halogens is 2. The van der Waals surface area contributed by atoms with Gasteiger partial charge >= 0.3 is 0 Å². The molecule has 0 radical (unpaired) electrons. The maximum atomic E-state index is 6.18. The molecular formula is C14H10BrClS. The second-order valence-corrected chi connectivity index (χ2v) is 6.48. The van der Waals surface area contributed by atoms with E-state index in [0.717, 1.165) is 5.02 Å². The second-order valence-electron chi connectivity index (χ2n) is 4.20. The Labute approximate surface area is 117 Å². The van der Waals surface area contributed by atoms with Crippen molar-refractivity contribution >= 4 is 59.0 Å². The summed E-state index contributed by atoms with van der Waals surface area (Å²) in [6.07, 6.45) is 0. The normalized spacial score (nSPS) is 11.5. The van der Waals surface area contributed by atoms with Crippen molar-refractivity contribution < 1.29 is 0 Å². The molecule has 0 nitrogen and oxygen atoms in total. The molecule has 0 unspecified atom stereocenters. The van der Waals surface area contributed by atoms with Crippen LogP contribution in [0.4, 0.5) is 0 Å². The molecule has 0 saturated carbocycles. The lowest BCUT2D eigenvalue weighted by Crippen LogP contribution is -1.76. The quantitative estimate of drug-likeness (QED) is 0.469. The van der Waals surface area contributed by atoms with E-state index in [2.05, 4.69) is 48.0 Å². The van der Waals surface area contributed by atoms with Gasteiger partial charge in [0.25, 0.3) is 0 Å². The van der Waals surface area contributed by atoms with Gasteiger partial charge in [-0.05, 0) is 37.1 Å². The molecule has 17 heavy (non-hydrogen) atoms. The summed E-state index contributed by atoms with van der Waals surface area (Å²) >= 11 is 11.6. The van der Waals surface area contributed by atoms with Crippen molar-refractivity contribution in [2.75, 3.05) is 0 Å². The third-order valence-electron chi connectivity index (χ3n) is 3.17. The van der Waals surface area contributed by atoms with E-state index >= 15 is 0 Å². The zero-order chi connectivity index (χ0) is 12.2. The first-order valence-corrected chi connectivity index (χ1v) is 7.35. The van der Waals surface area contributed by atoms with Gasteiger partial charge in [-0.3, -0.25) is 0 Å². The number of rotatable bonds is 0. The predicted molar refractivity (Wildman–Crippen MR) is 81.5 cm³/mol. The lowest BCUT2D eigenvalue weighted by Gasteiger charge is -1.99. The number of hydrogen-bond donors (Lipinski definition) is 0. The summed E-state index contributed by atoms with van der Waals surface area (Å²) in [5.41, 5.74) is 2.49. The Morgan fingerprint density at radius 3 is 2.24 bits per heavy atom. The molecule has 1 aromatic heterocycles. The molecule has 1 heterocycles. The lowest BCUT2D eigenvalue weighted by atomic mass is 10.1. The van der Waals surface area contributed by atoms with Crippen LogP contribution in [0.2, 0.25) is 5.02 Å². The molecule has 0 aliphatic rings. The van der Waals surface area contributed by atoms with E-state index in [1.165, 1.54) is 35.8 Å². The summed E-state index contributed by atoms with van der Waals surface area (Å²) in [6, 6.07) is 8.41. The van der Waals surface area contributed by atoms with Crippen molar-refractivity contribution in [3.8, 4) is 0 Å². The summed E-state index contributed by atoms with van der Waals surface area (Å²) in [5.74, 6) is 0. The third-order valence-corrected chi connectivity index (χ3v) is 5.90. The van der Waals surface area contributed by atoms with Crippen LogP contribution >= 0.6 is 38.9 Å². The van der Waals surface area contributed by atoms with Crippen LogP contribution in [0, 0.1) is 13.8 Å². The molecule has 3 rings (SSSR count). The number of aryl methyl sites for hydroxylation is 2. The van der Waals surface area contributed by atoms with E-state index < -0.39 is 0 Å². The summed E-state index contributed by atoms with van der Waals surface area (Å²) in [5, 5.41) is 3.48. The standard InChI is InChI=1S/C14H10BrClS/c1-7-11(15)5-3-9-10-4-6-12(16)8(2)14(10)17-13(7)9/h3-6H,1-2H3. The van der Waals surface area contributed by atoms with E-state index in [-0.39, 0.29) is 0 Å². The Bertz CT molecular complexity index is 681. The fourth-order valence-electron chi connectivity index (χ4n) is 2.12. The highest BCUT2D eigenvalue weighted by molar-refractivity contribution is 9.10. The highest BCUT2D eigenvalue weighted by atomic mass is 79.9. The first-order valence-electron chi connectivity index (χ1n) is 5.36.